The zero-order valence-electron chi connectivity index (χ0n) is 9.98. The molecule has 15 heavy (non-hydrogen) atoms. The highest BCUT2D eigenvalue weighted by atomic mass is 15.1. The first-order valence-electron chi connectivity index (χ1n) is 5.48. The van der Waals surface area contributed by atoms with Crippen molar-refractivity contribution in [3.8, 4) is 0 Å². The average Bonchev–Trinajstić information content (AvgIpc) is 2.61. The molecular weight excluding hydrogens is 188 g/mol. The molecule has 0 fully saturated rings. The summed E-state index contributed by atoms with van der Waals surface area (Å²) in [5.74, 6) is 1.71. The highest BCUT2D eigenvalue weighted by molar-refractivity contribution is 4.91. The van der Waals surface area contributed by atoms with Crippen molar-refractivity contribution in [2.24, 2.45) is 18.7 Å². The van der Waals surface area contributed by atoms with E-state index < -0.39 is 0 Å². The fourth-order valence-electron chi connectivity index (χ4n) is 1.63. The van der Waals surface area contributed by atoms with Gasteiger partial charge in [0.05, 0.1) is 0 Å². The van der Waals surface area contributed by atoms with E-state index in [0.717, 1.165) is 31.9 Å². The summed E-state index contributed by atoms with van der Waals surface area (Å²) >= 11 is 0. The fourth-order valence-corrected chi connectivity index (χ4v) is 1.63. The molecule has 1 rings (SSSR count). The summed E-state index contributed by atoms with van der Waals surface area (Å²) in [6.45, 7) is 5.03. The number of hydrogen-bond acceptors (Lipinski definition) is 3. The molecule has 0 radical (unpaired) electrons. The van der Waals surface area contributed by atoms with E-state index in [1.165, 1.54) is 0 Å². The van der Waals surface area contributed by atoms with E-state index in [2.05, 4.69) is 28.4 Å². The molecule has 0 aliphatic carbocycles. The molecule has 0 aliphatic rings. The van der Waals surface area contributed by atoms with Crippen LogP contribution in [0.5, 0.6) is 0 Å². The molecule has 0 bridgehead atoms. The maximum absolute atomic E-state index is 5.59. The van der Waals surface area contributed by atoms with E-state index in [4.69, 9.17) is 5.73 Å². The van der Waals surface area contributed by atoms with Crippen LogP contribution in [-0.4, -0.2) is 41.1 Å². The quantitative estimate of drug-likeness (QED) is 0.743. The van der Waals surface area contributed by atoms with Crippen LogP contribution in [0.1, 0.15) is 12.7 Å². The SMILES string of the molecule is CC(CN)CN(C)CCc1nccn1C. The third-order valence-electron chi connectivity index (χ3n) is 2.66. The lowest BCUT2D eigenvalue weighted by Gasteiger charge is -2.19. The summed E-state index contributed by atoms with van der Waals surface area (Å²) in [5.41, 5.74) is 5.59. The monoisotopic (exact) mass is 210 g/mol. The van der Waals surface area contributed by atoms with E-state index >= 15 is 0 Å². The van der Waals surface area contributed by atoms with Crippen LogP contribution >= 0.6 is 0 Å². The Morgan fingerprint density at radius 2 is 2.33 bits per heavy atom. The molecule has 0 aromatic carbocycles. The highest BCUT2D eigenvalue weighted by Crippen LogP contribution is 1.99. The number of likely N-dealkylation sites (N-methyl/N-ethyl adjacent to an activating group) is 1. The summed E-state index contributed by atoms with van der Waals surface area (Å²) in [4.78, 5) is 6.61. The topological polar surface area (TPSA) is 47.1 Å². The molecule has 1 unspecified atom stereocenters. The zero-order chi connectivity index (χ0) is 11.3. The van der Waals surface area contributed by atoms with Gasteiger partial charge in [0.15, 0.2) is 0 Å². The van der Waals surface area contributed by atoms with E-state index in [0.29, 0.717) is 5.92 Å². The first kappa shape index (κ1) is 12.2. The second kappa shape index (κ2) is 5.88. The zero-order valence-corrected chi connectivity index (χ0v) is 9.98. The van der Waals surface area contributed by atoms with E-state index in [-0.39, 0.29) is 0 Å². The summed E-state index contributed by atoms with van der Waals surface area (Å²) < 4.78 is 2.07. The fraction of sp³-hybridized carbons (Fsp3) is 0.727. The van der Waals surface area contributed by atoms with E-state index in [1.54, 1.807) is 0 Å². The van der Waals surface area contributed by atoms with Gasteiger partial charge in [-0.25, -0.2) is 4.98 Å². The van der Waals surface area contributed by atoms with Gasteiger partial charge in [-0.1, -0.05) is 6.92 Å². The molecule has 0 amide bonds. The van der Waals surface area contributed by atoms with Gasteiger partial charge in [0.25, 0.3) is 0 Å². The maximum Gasteiger partial charge on any atom is 0.109 e. The maximum atomic E-state index is 5.59. The number of aromatic nitrogens is 2. The van der Waals surface area contributed by atoms with E-state index in [9.17, 15) is 0 Å². The van der Waals surface area contributed by atoms with Crippen molar-refractivity contribution in [1.29, 1.82) is 0 Å². The predicted molar refractivity (Wildman–Crippen MR) is 62.6 cm³/mol. The van der Waals surface area contributed by atoms with Crippen LogP contribution in [0.3, 0.4) is 0 Å². The van der Waals surface area contributed by atoms with Crippen LogP contribution in [0.4, 0.5) is 0 Å². The minimum absolute atomic E-state index is 0.566. The van der Waals surface area contributed by atoms with Crippen LogP contribution < -0.4 is 5.73 Å². The van der Waals surface area contributed by atoms with Gasteiger partial charge >= 0.3 is 0 Å². The van der Waals surface area contributed by atoms with Crippen molar-refractivity contribution in [3.63, 3.8) is 0 Å². The molecule has 0 saturated heterocycles. The van der Waals surface area contributed by atoms with Crippen molar-refractivity contribution >= 4 is 0 Å². The Bertz CT molecular complexity index is 282. The van der Waals surface area contributed by atoms with Crippen LogP contribution in [-0.2, 0) is 13.5 Å². The number of hydrogen-bond donors (Lipinski definition) is 1. The van der Waals surface area contributed by atoms with Crippen molar-refractivity contribution in [2.45, 2.75) is 13.3 Å². The molecule has 0 spiro atoms. The first-order chi connectivity index (χ1) is 7.13. The summed E-state index contributed by atoms with van der Waals surface area (Å²) in [6.07, 6.45) is 4.83. The highest BCUT2D eigenvalue weighted by Gasteiger charge is 2.06. The minimum atomic E-state index is 0.566. The van der Waals surface area contributed by atoms with Gasteiger partial charge in [0.2, 0.25) is 0 Å². The first-order valence-corrected chi connectivity index (χ1v) is 5.48. The molecule has 1 heterocycles. The standard InChI is InChI=1S/C11H22N4/c1-10(8-12)9-14(2)6-4-11-13-5-7-15(11)3/h5,7,10H,4,6,8-9,12H2,1-3H3. The smallest absolute Gasteiger partial charge is 0.109 e. The lowest BCUT2D eigenvalue weighted by molar-refractivity contribution is 0.290. The molecule has 2 N–H and O–H groups in total. The Kier molecular flexibility index (Phi) is 4.78. The lowest BCUT2D eigenvalue weighted by atomic mass is 10.2. The summed E-state index contributed by atoms with van der Waals surface area (Å²) in [7, 11) is 4.17. The van der Waals surface area contributed by atoms with Crippen molar-refractivity contribution in [1.82, 2.24) is 14.5 Å². The molecule has 1 aromatic rings. The Morgan fingerprint density at radius 3 is 2.87 bits per heavy atom. The Balaban J connectivity index is 2.28. The second-order valence-corrected chi connectivity index (χ2v) is 4.31. The molecular formula is C11H22N4. The van der Waals surface area contributed by atoms with Gasteiger partial charge in [-0.3, -0.25) is 0 Å². The molecule has 4 heteroatoms. The van der Waals surface area contributed by atoms with Gasteiger partial charge in [-0.05, 0) is 19.5 Å². The number of aryl methyl sites for hydroxylation is 1. The Labute approximate surface area is 92.1 Å². The second-order valence-electron chi connectivity index (χ2n) is 4.31. The Morgan fingerprint density at radius 1 is 1.60 bits per heavy atom. The third kappa shape index (κ3) is 4.01. The molecule has 86 valence electrons. The van der Waals surface area contributed by atoms with Crippen molar-refractivity contribution in [2.75, 3.05) is 26.7 Å². The third-order valence-corrected chi connectivity index (χ3v) is 2.66. The van der Waals surface area contributed by atoms with Gasteiger partial charge in [0.1, 0.15) is 5.82 Å². The van der Waals surface area contributed by atoms with Crippen molar-refractivity contribution < 1.29 is 0 Å². The van der Waals surface area contributed by atoms with Gasteiger partial charge in [0, 0.05) is 39.0 Å². The minimum Gasteiger partial charge on any atom is -0.338 e. The normalized spacial score (nSPS) is 13.4. The van der Waals surface area contributed by atoms with Crippen LogP contribution in [0, 0.1) is 5.92 Å². The van der Waals surface area contributed by atoms with Gasteiger partial charge in [-0.15, -0.1) is 0 Å². The van der Waals surface area contributed by atoms with E-state index in [1.807, 2.05) is 19.4 Å². The average molecular weight is 210 g/mol. The largest absolute Gasteiger partial charge is 0.338 e. The Hall–Kier alpha value is -0.870. The number of nitrogens with two attached hydrogens (primary N) is 1. The molecule has 4 nitrogen and oxygen atoms in total. The number of nitrogens with zero attached hydrogens (tertiary/aromatic N) is 3. The molecule has 0 saturated carbocycles. The number of rotatable bonds is 6. The van der Waals surface area contributed by atoms with Crippen LogP contribution in [0.15, 0.2) is 12.4 Å². The lowest BCUT2D eigenvalue weighted by Crippen LogP contribution is -2.30. The summed E-state index contributed by atoms with van der Waals surface area (Å²) in [6, 6.07) is 0. The number of imidazole rings is 1. The van der Waals surface area contributed by atoms with Crippen LogP contribution in [0.2, 0.25) is 0 Å². The van der Waals surface area contributed by atoms with Crippen LogP contribution in [0.25, 0.3) is 0 Å². The molecule has 0 aliphatic heterocycles. The summed E-state index contributed by atoms with van der Waals surface area (Å²) in [5, 5.41) is 0. The van der Waals surface area contributed by atoms with Crippen molar-refractivity contribution in [3.05, 3.63) is 18.2 Å². The van der Waals surface area contributed by atoms with Gasteiger partial charge < -0.3 is 15.2 Å². The molecule has 1 atom stereocenters. The van der Waals surface area contributed by atoms with Gasteiger partial charge in [-0.2, -0.15) is 0 Å². The molecule has 1 aromatic heterocycles. The predicted octanol–water partition coefficient (Wildman–Crippen LogP) is 0.489.